The van der Waals surface area contributed by atoms with Crippen LogP contribution in [0.15, 0.2) is 60.7 Å². The third-order valence-electron chi connectivity index (χ3n) is 3.87. The number of nitrogens with zero attached hydrogens (tertiary/aromatic N) is 1. The first-order valence-electron chi connectivity index (χ1n) is 6.83. The van der Waals surface area contributed by atoms with E-state index in [1.807, 2.05) is 24.3 Å². The Kier molecular flexibility index (Phi) is 2.78. The molecule has 0 fully saturated rings. The molecular formula is C18H10ClNO2. The summed E-state index contributed by atoms with van der Waals surface area (Å²) < 4.78 is 0.686. The van der Waals surface area contributed by atoms with Crippen molar-refractivity contribution in [1.29, 1.82) is 0 Å². The van der Waals surface area contributed by atoms with E-state index in [2.05, 4.69) is 0 Å². The smallest absolute Gasteiger partial charge is 0.274 e. The number of carbonyl (C=O) groups is 1. The minimum absolute atomic E-state index is 0.0795. The number of halogens is 1. The lowest BCUT2D eigenvalue weighted by molar-refractivity contribution is -0.355. The van der Waals surface area contributed by atoms with Crippen LogP contribution in [-0.2, 0) is 0 Å². The van der Waals surface area contributed by atoms with Gasteiger partial charge in [0.15, 0.2) is 0 Å². The average molecular weight is 308 g/mol. The SMILES string of the molecule is O=C1C(c2ccccc2Cl)=[N+]([O-])c2cc3ccccc3cc21. The van der Waals surface area contributed by atoms with Crippen LogP contribution in [0.3, 0.4) is 0 Å². The van der Waals surface area contributed by atoms with Crippen LogP contribution >= 0.6 is 11.6 Å². The number of benzene rings is 3. The van der Waals surface area contributed by atoms with E-state index in [9.17, 15) is 10.0 Å². The molecule has 3 aromatic rings. The predicted octanol–water partition coefficient (Wildman–Crippen LogP) is 4.32. The van der Waals surface area contributed by atoms with Gasteiger partial charge in [-0.1, -0.05) is 48.0 Å². The third kappa shape index (κ3) is 1.76. The lowest BCUT2D eigenvalue weighted by Crippen LogP contribution is -2.16. The second-order valence-electron chi connectivity index (χ2n) is 5.17. The van der Waals surface area contributed by atoms with Crippen LogP contribution in [0, 0.1) is 5.21 Å². The molecule has 0 aliphatic carbocycles. The molecule has 4 heteroatoms. The van der Waals surface area contributed by atoms with Gasteiger partial charge in [0, 0.05) is 6.07 Å². The van der Waals surface area contributed by atoms with Crippen molar-refractivity contribution in [3.05, 3.63) is 82.0 Å². The summed E-state index contributed by atoms with van der Waals surface area (Å²) in [6.07, 6.45) is 0. The molecule has 1 aliphatic heterocycles. The Morgan fingerprint density at radius 3 is 2.23 bits per heavy atom. The van der Waals surface area contributed by atoms with E-state index < -0.39 is 0 Å². The Labute approximate surface area is 131 Å². The van der Waals surface area contributed by atoms with Crippen molar-refractivity contribution in [3.63, 3.8) is 0 Å². The summed E-state index contributed by atoms with van der Waals surface area (Å²) in [6, 6.07) is 18.0. The number of rotatable bonds is 1. The van der Waals surface area contributed by atoms with Crippen molar-refractivity contribution in [1.82, 2.24) is 0 Å². The zero-order valence-corrected chi connectivity index (χ0v) is 12.2. The predicted molar refractivity (Wildman–Crippen MR) is 87.1 cm³/mol. The summed E-state index contributed by atoms with van der Waals surface area (Å²) >= 11 is 6.14. The molecule has 1 heterocycles. The summed E-state index contributed by atoms with van der Waals surface area (Å²) in [5.74, 6) is -0.288. The minimum Gasteiger partial charge on any atom is -0.618 e. The largest absolute Gasteiger partial charge is 0.618 e. The van der Waals surface area contributed by atoms with Gasteiger partial charge in [-0.25, -0.2) is 0 Å². The van der Waals surface area contributed by atoms with Gasteiger partial charge in [0.1, 0.15) is 5.56 Å². The van der Waals surface area contributed by atoms with Crippen molar-refractivity contribution < 1.29 is 9.53 Å². The number of fused-ring (bicyclic) bond motifs is 2. The maximum absolute atomic E-state index is 12.7. The Balaban J connectivity index is 1.99. The van der Waals surface area contributed by atoms with Gasteiger partial charge < -0.3 is 5.21 Å². The van der Waals surface area contributed by atoms with Crippen LogP contribution in [0.1, 0.15) is 15.9 Å². The molecule has 3 aromatic carbocycles. The Hall–Kier alpha value is -2.65. The minimum atomic E-state index is -0.288. The van der Waals surface area contributed by atoms with E-state index in [-0.39, 0.29) is 11.5 Å². The van der Waals surface area contributed by atoms with E-state index in [0.717, 1.165) is 10.8 Å². The summed E-state index contributed by atoms with van der Waals surface area (Å²) in [7, 11) is 0. The van der Waals surface area contributed by atoms with Crippen LogP contribution < -0.4 is 0 Å². The maximum Gasteiger partial charge on any atom is 0.274 e. The van der Waals surface area contributed by atoms with E-state index in [1.165, 1.54) is 0 Å². The zero-order chi connectivity index (χ0) is 15.3. The molecule has 0 aromatic heterocycles. The van der Waals surface area contributed by atoms with Gasteiger partial charge in [-0.05, 0) is 29.0 Å². The second kappa shape index (κ2) is 4.68. The highest BCUT2D eigenvalue weighted by Gasteiger charge is 2.37. The van der Waals surface area contributed by atoms with Crippen molar-refractivity contribution in [2.24, 2.45) is 0 Å². The van der Waals surface area contributed by atoms with E-state index in [4.69, 9.17) is 11.6 Å². The van der Waals surface area contributed by atoms with Crippen LogP contribution in [0.2, 0.25) is 5.02 Å². The van der Waals surface area contributed by atoms with E-state index >= 15 is 0 Å². The standard InChI is InChI=1S/C18H10ClNO2/c19-15-8-4-3-7-13(15)17-18(21)14-9-11-5-1-2-6-12(11)10-16(14)20(17)22/h1-10H. The van der Waals surface area contributed by atoms with Crippen LogP contribution in [0.4, 0.5) is 5.69 Å². The van der Waals surface area contributed by atoms with Crippen LogP contribution in [0.5, 0.6) is 0 Å². The number of Topliss-reactive ketones (excluding diaryl/α,β-unsaturated/α-hetero) is 1. The molecule has 0 saturated carbocycles. The molecular weight excluding hydrogens is 298 g/mol. The first kappa shape index (κ1) is 13.0. The van der Waals surface area contributed by atoms with Gasteiger partial charge in [0.05, 0.1) is 10.6 Å². The van der Waals surface area contributed by atoms with Crippen molar-refractivity contribution in [3.8, 4) is 0 Å². The van der Waals surface area contributed by atoms with Gasteiger partial charge in [-0.15, -0.1) is 0 Å². The highest BCUT2D eigenvalue weighted by molar-refractivity contribution is 6.54. The fourth-order valence-corrected chi connectivity index (χ4v) is 3.03. The van der Waals surface area contributed by atoms with Gasteiger partial charge in [0.2, 0.25) is 5.69 Å². The molecule has 22 heavy (non-hydrogen) atoms. The molecule has 0 N–H and O–H groups in total. The summed E-state index contributed by atoms with van der Waals surface area (Å²) in [6.45, 7) is 0. The van der Waals surface area contributed by atoms with E-state index in [0.29, 0.717) is 26.6 Å². The third-order valence-corrected chi connectivity index (χ3v) is 4.20. The topological polar surface area (TPSA) is 43.1 Å². The monoisotopic (exact) mass is 307 g/mol. The van der Waals surface area contributed by atoms with Gasteiger partial charge >= 0.3 is 0 Å². The van der Waals surface area contributed by atoms with Crippen LogP contribution in [0.25, 0.3) is 10.8 Å². The number of ketones is 1. The number of hydrogen-bond acceptors (Lipinski definition) is 2. The summed E-state index contributed by atoms with van der Waals surface area (Å²) in [4.78, 5) is 12.7. The van der Waals surface area contributed by atoms with Gasteiger partial charge in [-0.3, -0.25) is 4.79 Å². The molecule has 0 spiro atoms. The molecule has 0 unspecified atom stereocenters. The summed E-state index contributed by atoms with van der Waals surface area (Å²) in [5.41, 5.74) is 1.34. The molecule has 0 bridgehead atoms. The lowest BCUT2D eigenvalue weighted by Gasteiger charge is -2.04. The average Bonchev–Trinajstić information content (AvgIpc) is 2.77. The maximum atomic E-state index is 12.7. The Morgan fingerprint density at radius 1 is 0.864 bits per heavy atom. The molecule has 3 nitrogen and oxygen atoms in total. The first-order valence-corrected chi connectivity index (χ1v) is 7.21. The summed E-state index contributed by atoms with van der Waals surface area (Å²) in [5, 5.41) is 14.9. The van der Waals surface area contributed by atoms with Crippen molar-refractivity contribution in [2.45, 2.75) is 0 Å². The van der Waals surface area contributed by atoms with Gasteiger partial charge in [-0.2, -0.15) is 4.74 Å². The first-order chi connectivity index (χ1) is 10.7. The normalized spacial score (nSPS) is 13.8. The molecule has 0 amide bonds. The van der Waals surface area contributed by atoms with Crippen molar-refractivity contribution in [2.75, 3.05) is 0 Å². The van der Waals surface area contributed by atoms with Crippen LogP contribution in [-0.4, -0.2) is 16.2 Å². The fraction of sp³-hybridized carbons (Fsp3) is 0. The molecule has 1 aliphatic rings. The molecule has 4 rings (SSSR count). The molecule has 0 radical (unpaired) electrons. The van der Waals surface area contributed by atoms with E-state index in [1.54, 1.807) is 36.4 Å². The lowest BCUT2D eigenvalue weighted by atomic mass is 10.00. The molecule has 0 saturated heterocycles. The Morgan fingerprint density at radius 2 is 1.50 bits per heavy atom. The van der Waals surface area contributed by atoms with Gasteiger partial charge in [0.25, 0.3) is 11.5 Å². The highest BCUT2D eigenvalue weighted by Crippen LogP contribution is 2.33. The zero-order valence-electron chi connectivity index (χ0n) is 11.4. The molecule has 106 valence electrons. The second-order valence-corrected chi connectivity index (χ2v) is 5.58. The fourth-order valence-electron chi connectivity index (χ4n) is 2.80. The molecule has 0 atom stereocenters. The quantitative estimate of drug-likeness (QED) is 0.496. The number of carbonyl (C=O) groups excluding carboxylic acids is 1. The number of hydrogen-bond donors (Lipinski definition) is 0. The highest BCUT2D eigenvalue weighted by atomic mass is 35.5. The Bertz CT molecular complexity index is 976. The van der Waals surface area contributed by atoms with Crippen molar-refractivity contribution >= 4 is 39.6 Å².